The van der Waals surface area contributed by atoms with E-state index in [-0.39, 0.29) is 17.5 Å². The molecule has 1 rings (SSSR count). The summed E-state index contributed by atoms with van der Waals surface area (Å²) in [5, 5.41) is 0. The first-order chi connectivity index (χ1) is 7.48. The van der Waals surface area contributed by atoms with Gasteiger partial charge < -0.3 is 4.74 Å². The molecule has 0 radical (unpaired) electrons. The normalized spacial score (nSPS) is 25.5. The largest absolute Gasteiger partial charge is 0.459 e. The summed E-state index contributed by atoms with van der Waals surface area (Å²) in [6, 6.07) is 0. The van der Waals surface area contributed by atoms with E-state index in [4.69, 9.17) is 4.74 Å². The number of carbonyl (C=O) groups excluding carboxylic acids is 1. The molecule has 0 spiro atoms. The third-order valence-corrected chi connectivity index (χ3v) is 3.61. The van der Waals surface area contributed by atoms with Crippen molar-refractivity contribution in [3.63, 3.8) is 0 Å². The molecule has 0 aliphatic carbocycles. The second-order valence-corrected chi connectivity index (χ2v) is 5.73. The van der Waals surface area contributed by atoms with Crippen molar-refractivity contribution in [2.45, 2.75) is 71.8 Å². The Morgan fingerprint density at radius 1 is 1.44 bits per heavy atom. The number of esters is 1. The predicted octanol–water partition coefficient (Wildman–Crippen LogP) is 3.93. The smallest absolute Gasteiger partial charge is 0.309 e. The van der Waals surface area contributed by atoms with Crippen molar-refractivity contribution in [2.24, 2.45) is 11.8 Å². The first kappa shape index (κ1) is 13.5. The van der Waals surface area contributed by atoms with Gasteiger partial charge in [-0.05, 0) is 32.6 Å². The maximum Gasteiger partial charge on any atom is 0.309 e. The fourth-order valence-electron chi connectivity index (χ4n) is 2.64. The van der Waals surface area contributed by atoms with Gasteiger partial charge in [-0.15, -0.1) is 0 Å². The first-order valence-electron chi connectivity index (χ1n) is 6.71. The lowest BCUT2D eigenvalue weighted by Crippen LogP contribution is -2.17. The summed E-state index contributed by atoms with van der Waals surface area (Å²) in [4.78, 5) is 11.7. The van der Waals surface area contributed by atoms with Crippen LogP contribution < -0.4 is 0 Å². The Morgan fingerprint density at radius 3 is 2.56 bits per heavy atom. The minimum atomic E-state index is -0.231. The van der Waals surface area contributed by atoms with E-state index < -0.39 is 0 Å². The zero-order chi connectivity index (χ0) is 12.2. The summed E-state index contributed by atoms with van der Waals surface area (Å²) in [6.45, 7) is 8.47. The van der Waals surface area contributed by atoms with Crippen molar-refractivity contribution in [3.05, 3.63) is 0 Å². The van der Waals surface area contributed by atoms with Crippen LogP contribution in [0.15, 0.2) is 0 Å². The molecule has 1 saturated heterocycles. The number of rotatable bonds is 6. The van der Waals surface area contributed by atoms with E-state index in [0.717, 1.165) is 12.8 Å². The van der Waals surface area contributed by atoms with Crippen LogP contribution in [0.1, 0.15) is 66.2 Å². The molecular weight excluding hydrogens is 200 g/mol. The maximum atomic E-state index is 11.7. The molecule has 2 unspecified atom stereocenters. The number of hydrogen-bond acceptors (Lipinski definition) is 2. The molecule has 1 aliphatic heterocycles. The minimum absolute atomic E-state index is 0.0277. The average molecular weight is 226 g/mol. The summed E-state index contributed by atoms with van der Waals surface area (Å²) >= 11 is 0. The monoisotopic (exact) mass is 226 g/mol. The van der Waals surface area contributed by atoms with Gasteiger partial charge >= 0.3 is 5.97 Å². The molecule has 2 nitrogen and oxygen atoms in total. The van der Waals surface area contributed by atoms with Gasteiger partial charge in [-0.2, -0.15) is 0 Å². The number of carbonyl (C=O) groups is 1. The van der Waals surface area contributed by atoms with Crippen molar-refractivity contribution in [1.29, 1.82) is 0 Å². The number of cyclic esters (lactones) is 1. The van der Waals surface area contributed by atoms with E-state index in [2.05, 4.69) is 13.8 Å². The minimum Gasteiger partial charge on any atom is -0.459 e. The highest BCUT2D eigenvalue weighted by Crippen LogP contribution is 2.35. The third kappa shape index (κ3) is 3.80. The quantitative estimate of drug-likeness (QED) is 0.641. The molecule has 94 valence electrons. The lowest BCUT2D eigenvalue weighted by Gasteiger charge is -2.17. The van der Waals surface area contributed by atoms with Crippen LogP contribution in [0, 0.1) is 11.8 Å². The van der Waals surface area contributed by atoms with Crippen LogP contribution in [0.4, 0.5) is 0 Å². The molecule has 2 atom stereocenters. The third-order valence-electron chi connectivity index (χ3n) is 3.61. The Kier molecular flexibility index (Phi) is 4.82. The Labute approximate surface area is 99.8 Å². The van der Waals surface area contributed by atoms with Gasteiger partial charge in [-0.25, -0.2) is 0 Å². The van der Waals surface area contributed by atoms with Crippen LogP contribution >= 0.6 is 0 Å². The van der Waals surface area contributed by atoms with Crippen molar-refractivity contribution in [3.8, 4) is 0 Å². The van der Waals surface area contributed by atoms with Gasteiger partial charge in [0.15, 0.2) is 0 Å². The molecule has 0 saturated carbocycles. The van der Waals surface area contributed by atoms with Gasteiger partial charge in [0.05, 0.1) is 5.92 Å². The predicted molar refractivity (Wildman–Crippen MR) is 66.2 cm³/mol. The van der Waals surface area contributed by atoms with Gasteiger partial charge in [0.25, 0.3) is 0 Å². The van der Waals surface area contributed by atoms with Crippen LogP contribution in [-0.2, 0) is 9.53 Å². The maximum absolute atomic E-state index is 11.7. The molecule has 16 heavy (non-hydrogen) atoms. The zero-order valence-corrected chi connectivity index (χ0v) is 11.2. The second kappa shape index (κ2) is 5.70. The fraction of sp³-hybridized carbons (Fsp3) is 0.929. The summed E-state index contributed by atoms with van der Waals surface area (Å²) < 4.78 is 5.37. The standard InChI is InChI=1S/C14H26O2/c1-5-7-8-11(6-2)9-12-10-14(3,4)16-13(12)15/h11-12H,5-10H2,1-4H3. The molecule has 1 fully saturated rings. The molecule has 1 heterocycles. The van der Waals surface area contributed by atoms with Gasteiger partial charge in [0.2, 0.25) is 0 Å². The van der Waals surface area contributed by atoms with Crippen molar-refractivity contribution < 1.29 is 9.53 Å². The van der Waals surface area contributed by atoms with Crippen molar-refractivity contribution in [2.75, 3.05) is 0 Å². The van der Waals surface area contributed by atoms with Crippen molar-refractivity contribution in [1.82, 2.24) is 0 Å². The van der Waals surface area contributed by atoms with E-state index in [9.17, 15) is 4.79 Å². The molecular formula is C14H26O2. The molecule has 0 N–H and O–H groups in total. The topological polar surface area (TPSA) is 26.3 Å². The summed E-state index contributed by atoms with van der Waals surface area (Å²) in [5.41, 5.74) is -0.231. The van der Waals surface area contributed by atoms with Gasteiger partial charge in [0.1, 0.15) is 5.60 Å². The molecule has 0 aromatic heterocycles. The molecule has 0 aromatic rings. The van der Waals surface area contributed by atoms with E-state index in [1.54, 1.807) is 0 Å². The average Bonchev–Trinajstić information content (AvgIpc) is 2.46. The first-order valence-corrected chi connectivity index (χ1v) is 6.71. The van der Waals surface area contributed by atoms with E-state index in [0.29, 0.717) is 5.92 Å². The molecule has 1 aliphatic rings. The number of unbranched alkanes of at least 4 members (excludes halogenated alkanes) is 1. The van der Waals surface area contributed by atoms with E-state index >= 15 is 0 Å². The van der Waals surface area contributed by atoms with Crippen LogP contribution in [-0.4, -0.2) is 11.6 Å². The summed E-state index contributed by atoms with van der Waals surface area (Å²) in [7, 11) is 0. The highest BCUT2D eigenvalue weighted by molar-refractivity contribution is 5.75. The second-order valence-electron chi connectivity index (χ2n) is 5.73. The lowest BCUT2D eigenvalue weighted by molar-refractivity contribution is -0.148. The SMILES string of the molecule is CCCCC(CC)CC1CC(C)(C)OC1=O. The number of ether oxygens (including phenoxy) is 1. The lowest BCUT2D eigenvalue weighted by atomic mass is 9.85. The van der Waals surface area contributed by atoms with Gasteiger partial charge in [0, 0.05) is 0 Å². The molecule has 2 heteroatoms. The van der Waals surface area contributed by atoms with E-state index in [1.807, 2.05) is 13.8 Å². The highest BCUT2D eigenvalue weighted by atomic mass is 16.6. The Balaban J connectivity index is 2.43. The van der Waals surface area contributed by atoms with Crippen LogP contribution in [0.25, 0.3) is 0 Å². The van der Waals surface area contributed by atoms with Crippen molar-refractivity contribution >= 4 is 5.97 Å². The van der Waals surface area contributed by atoms with Crippen LogP contribution in [0.3, 0.4) is 0 Å². The fourth-order valence-corrected chi connectivity index (χ4v) is 2.64. The Morgan fingerprint density at radius 2 is 2.12 bits per heavy atom. The molecule has 0 aromatic carbocycles. The van der Waals surface area contributed by atoms with Crippen LogP contribution in [0.5, 0.6) is 0 Å². The Hall–Kier alpha value is -0.530. The Bertz CT molecular complexity index is 233. The molecule has 0 bridgehead atoms. The number of hydrogen-bond donors (Lipinski definition) is 0. The highest BCUT2D eigenvalue weighted by Gasteiger charge is 2.40. The van der Waals surface area contributed by atoms with Gasteiger partial charge in [-0.3, -0.25) is 4.79 Å². The molecule has 0 amide bonds. The summed E-state index contributed by atoms with van der Waals surface area (Å²) in [6.07, 6.45) is 6.90. The van der Waals surface area contributed by atoms with Gasteiger partial charge in [-0.1, -0.05) is 39.5 Å². The van der Waals surface area contributed by atoms with Crippen LogP contribution in [0.2, 0.25) is 0 Å². The van der Waals surface area contributed by atoms with E-state index in [1.165, 1.54) is 25.7 Å². The summed E-state index contributed by atoms with van der Waals surface area (Å²) in [5.74, 6) is 0.878. The zero-order valence-electron chi connectivity index (χ0n) is 11.2.